The predicted molar refractivity (Wildman–Crippen MR) is 82.8 cm³/mol. The van der Waals surface area contributed by atoms with Crippen LogP contribution in [-0.4, -0.2) is 46.0 Å². The third-order valence-electron chi connectivity index (χ3n) is 4.28. The van der Waals surface area contributed by atoms with Gasteiger partial charge >= 0.3 is 0 Å². The molecule has 1 aromatic rings. The standard InChI is InChI=1S/C15H17F2N5O3/c1-7-4-9(16)5-8(10(7)17)6-19-13(23)15(25)2-3-22(14(15)24)12-11(18)20-21-12/h4-5,11,20,25H,2-3,6,18H2,1H3,(H,19,23)/t11-,15?/m1/s1. The van der Waals surface area contributed by atoms with Gasteiger partial charge in [-0.05, 0) is 24.6 Å². The fourth-order valence-electron chi connectivity index (χ4n) is 2.80. The molecule has 5 N–H and O–H groups in total. The number of hydrogen-bond donors (Lipinski definition) is 4. The first-order valence-corrected chi connectivity index (χ1v) is 7.60. The Hall–Kier alpha value is -2.59. The van der Waals surface area contributed by atoms with E-state index in [9.17, 15) is 23.5 Å². The number of hydrogen-bond acceptors (Lipinski definition) is 6. The maximum Gasteiger partial charge on any atom is 0.269 e. The van der Waals surface area contributed by atoms with Crippen molar-refractivity contribution in [1.82, 2.24) is 15.6 Å². The van der Waals surface area contributed by atoms with Crippen LogP contribution in [0.15, 0.2) is 17.2 Å². The lowest BCUT2D eigenvalue weighted by Crippen LogP contribution is -2.61. The number of aliphatic hydroxyl groups is 1. The summed E-state index contributed by atoms with van der Waals surface area (Å²) in [7, 11) is 0. The zero-order valence-corrected chi connectivity index (χ0v) is 13.3. The van der Waals surface area contributed by atoms with Crippen LogP contribution in [0.4, 0.5) is 8.78 Å². The van der Waals surface area contributed by atoms with Gasteiger partial charge in [0.05, 0.1) is 0 Å². The SMILES string of the molecule is Cc1cc(F)cc(CNC(=O)C2(O)CCN(C3=NN[C@H]3N)C2=O)c1F. The van der Waals surface area contributed by atoms with Gasteiger partial charge in [0.25, 0.3) is 11.8 Å². The van der Waals surface area contributed by atoms with E-state index < -0.39 is 35.2 Å². The molecule has 10 heteroatoms. The van der Waals surface area contributed by atoms with Crippen LogP contribution in [-0.2, 0) is 16.1 Å². The average Bonchev–Trinajstić information content (AvgIpc) is 2.85. The Bertz CT molecular complexity index is 785. The van der Waals surface area contributed by atoms with Gasteiger partial charge in [-0.1, -0.05) is 0 Å². The molecule has 2 heterocycles. The number of rotatable bonds is 3. The van der Waals surface area contributed by atoms with E-state index in [-0.39, 0.29) is 36.5 Å². The first-order chi connectivity index (χ1) is 11.7. The highest BCUT2D eigenvalue weighted by atomic mass is 19.1. The second kappa shape index (κ2) is 6.05. The Balaban J connectivity index is 1.70. The summed E-state index contributed by atoms with van der Waals surface area (Å²) < 4.78 is 27.3. The molecule has 1 fully saturated rings. The Morgan fingerprint density at radius 3 is 2.88 bits per heavy atom. The van der Waals surface area contributed by atoms with Gasteiger partial charge in [0.2, 0.25) is 5.60 Å². The number of amidine groups is 1. The largest absolute Gasteiger partial charge is 0.372 e. The molecule has 0 saturated carbocycles. The fraction of sp³-hybridized carbons (Fsp3) is 0.400. The van der Waals surface area contributed by atoms with Gasteiger partial charge in [-0.3, -0.25) is 19.9 Å². The number of nitrogens with zero attached hydrogens (tertiary/aromatic N) is 2. The second-order valence-corrected chi connectivity index (χ2v) is 6.02. The van der Waals surface area contributed by atoms with E-state index in [1.807, 2.05) is 0 Å². The molecule has 2 aliphatic heterocycles. The molecule has 2 amide bonds. The van der Waals surface area contributed by atoms with Crippen LogP contribution < -0.4 is 16.5 Å². The van der Waals surface area contributed by atoms with Crippen LogP contribution in [0.3, 0.4) is 0 Å². The number of amides is 2. The Morgan fingerprint density at radius 2 is 2.28 bits per heavy atom. The summed E-state index contributed by atoms with van der Waals surface area (Å²) in [4.78, 5) is 25.8. The van der Waals surface area contributed by atoms with Crippen molar-refractivity contribution in [1.29, 1.82) is 0 Å². The van der Waals surface area contributed by atoms with Crippen LogP contribution in [0.5, 0.6) is 0 Å². The van der Waals surface area contributed by atoms with Crippen molar-refractivity contribution in [2.45, 2.75) is 31.7 Å². The summed E-state index contributed by atoms with van der Waals surface area (Å²) in [5, 5.41) is 16.5. The van der Waals surface area contributed by atoms with Gasteiger partial charge in [0.15, 0.2) is 12.0 Å². The second-order valence-electron chi connectivity index (χ2n) is 6.02. The number of carbonyl (C=O) groups is 2. The minimum Gasteiger partial charge on any atom is -0.372 e. The van der Waals surface area contributed by atoms with E-state index in [1.165, 1.54) is 6.92 Å². The molecule has 0 bridgehead atoms. The number of likely N-dealkylation sites (tertiary alicyclic amines) is 1. The molecule has 134 valence electrons. The number of carbonyl (C=O) groups excluding carboxylic acids is 2. The monoisotopic (exact) mass is 353 g/mol. The molecular weight excluding hydrogens is 336 g/mol. The molecular formula is C15H17F2N5O3. The summed E-state index contributed by atoms with van der Waals surface area (Å²) in [5.41, 5.74) is 5.82. The van der Waals surface area contributed by atoms with Crippen molar-refractivity contribution >= 4 is 17.6 Å². The molecule has 0 aliphatic carbocycles. The Labute approximate surface area is 141 Å². The van der Waals surface area contributed by atoms with E-state index in [1.54, 1.807) is 0 Å². The van der Waals surface area contributed by atoms with Crippen LogP contribution in [0.1, 0.15) is 17.5 Å². The van der Waals surface area contributed by atoms with E-state index >= 15 is 0 Å². The van der Waals surface area contributed by atoms with Crippen molar-refractivity contribution in [2.24, 2.45) is 10.8 Å². The fourth-order valence-corrected chi connectivity index (χ4v) is 2.80. The predicted octanol–water partition coefficient (Wildman–Crippen LogP) is -0.946. The van der Waals surface area contributed by atoms with Crippen molar-refractivity contribution in [3.8, 4) is 0 Å². The molecule has 2 atom stereocenters. The van der Waals surface area contributed by atoms with Gasteiger partial charge in [0.1, 0.15) is 11.6 Å². The molecule has 1 unspecified atom stereocenters. The number of hydrazone groups is 1. The lowest BCUT2D eigenvalue weighted by molar-refractivity contribution is -0.152. The quantitative estimate of drug-likeness (QED) is 0.523. The van der Waals surface area contributed by atoms with Crippen LogP contribution >= 0.6 is 0 Å². The van der Waals surface area contributed by atoms with Crippen molar-refractivity contribution in [3.63, 3.8) is 0 Å². The van der Waals surface area contributed by atoms with Crippen molar-refractivity contribution < 1.29 is 23.5 Å². The van der Waals surface area contributed by atoms with E-state index in [0.717, 1.165) is 17.0 Å². The smallest absolute Gasteiger partial charge is 0.269 e. The highest BCUT2D eigenvalue weighted by Gasteiger charge is 2.53. The first kappa shape index (κ1) is 17.2. The van der Waals surface area contributed by atoms with E-state index in [2.05, 4.69) is 15.8 Å². The summed E-state index contributed by atoms with van der Waals surface area (Å²) in [6, 6.07) is 1.98. The minimum absolute atomic E-state index is 0.0738. The van der Waals surface area contributed by atoms with Gasteiger partial charge in [-0.2, -0.15) is 5.10 Å². The number of halogens is 2. The zero-order valence-electron chi connectivity index (χ0n) is 13.3. The molecule has 1 saturated heterocycles. The lowest BCUT2D eigenvalue weighted by Gasteiger charge is -2.30. The molecule has 25 heavy (non-hydrogen) atoms. The summed E-state index contributed by atoms with van der Waals surface area (Å²) in [5.74, 6) is -2.90. The number of aryl methyl sites for hydroxylation is 1. The van der Waals surface area contributed by atoms with Gasteiger partial charge < -0.3 is 16.2 Å². The van der Waals surface area contributed by atoms with Gasteiger partial charge in [-0.25, -0.2) is 8.78 Å². The summed E-state index contributed by atoms with van der Waals surface area (Å²) >= 11 is 0. The van der Waals surface area contributed by atoms with E-state index in [4.69, 9.17) is 5.73 Å². The first-order valence-electron chi connectivity index (χ1n) is 7.60. The van der Waals surface area contributed by atoms with Gasteiger partial charge in [-0.15, -0.1) is 0 Å². The lowest BCUT2D eigenvalue weighted by atomic mass is 10.0. The molecule has 0 radical (unpaired) electrons. The average molecular weight is 353 g/mol. The number of benzene rings is 1. The third kappa shape index (κ3) is 2.83. The van der Waals surface area contributed by atoms with E-state index in [0.29, 0.717) is 0 Å². The normalized spacial score (nSPS) is 25.3. The number of nitrogens with two attached hydrogens (primary N) is 1. The summed E-state index contributed by atoms with van der Waals surface area (Å²) in [6.07, 6.45) is -0.799. The molecule has 8 nitrogen and oxygen atoms in total. The Morgan fingerprint density at radius 1 is 1.56 bits per heavy atom. The number of nitrogens with one attached hydrogen (secondary N) is 2. The molecule has 0 aromatic heterocycles. The zero-order chi connectivity index (χ0) is 18.4. The maximum absolute atomic E-state index is 14.0. The van der Waals surface area contributed by atoms with Crippen LogP contribution in [0.2, 0.25) is 0 Å². The third-order valence-corrected chi connectivity index (χ3v) is 4.28. The minimum atomic E-state index is -2.29. The topological polar surface area (TPSA) is 120 Å². The molecule has 3 rings (SSSR count). The maximum atomic E-state index is 14.0. The van der Waals surface area contributed by atoms with Gasteiger partial charge in [0, 0.05) is 25.1 Å². The highest BCUT2D eigenvalue weighted by Crippen LogP contribution is 2.25. The Kier molecular flexibility index (Phi) is 4.17. The van der Waals surface area contributed by atoms with Crippen LogP contribution in [0, 0.1) is 18.6 Å². The summed E-state index contributed by atoms with van der Waals surface area (Å²) in [6.45, 7) is 1.11. The van der Waals surface area contributed by atoms with Crippen molar-refractivity contribution in [2.75, 3.05) is 6.54 Å². The van der Waals surface area contributed by atoms with Crippen LogP contribution in [0.25, 0.3) is 0 Å². The molecule has 0 spiro atoms. The van der Waals surface area contributed by atoms with Crippen molar-refractivity contribution in [3.05, 3.63) is 34.9 Å². The highest BCUT2D eigenvalue weighted by molar-refractivity contribution is 6.16. The molecule has 2 aliphatic rings. The molecule has 1 aromatic carbocycles.